The number of hydrogen-bond donors (Lipinski definition) is 0. The van der Waals surface area contributed by atoms with Gasteiger partial charge in [-0.25, -0.2) is 4.79 Å². The van der Waals surface area contributed by atoms with Crippen LogP contribution < -0.4 is 14.2 Å². The first kappa shape index (κ1) is 18.3. The van der Waals surface area contributed by atoms with E-state index in [1.54, 1.807) is 25.1 Å². The van der Waals surface area contributed by atoms with Crippen LogP contribution in [0.4, 0.5) is 0 Å². The first-order chi connectivity index (χ1) is 11.5. The highest BCUT2D eigenvalue weighted by Crippen LogP contribution is 2.29. The Morgan fingerprint density at radius 1 is 1.12 bits per heavy atom. The summed E-state index contributed by atoms with van der Waals surface area (Å²) in [5.41, 5.74) is 0.430. The van der Waals surface area contributed by atoms with Crippen LogP contribution in [0.1, 0.15) is 17.3 Å². The van der Waals surface area contributed by atoms with Crippen LogP contribution in [-0.4, -0.2) is 25.5 Å². The summed E-state index contributed by atoms with van der Waals surface area (Å²) in [5, 5.41) is 0.549. The zero-order valence-corrected chi connectivity index (χ0v) is 15.1. The molecular formula is C17H14BrClO5. The van der Waals surface area contributed by atoms with Crippen LogP contribution >= 0.6 is 27.5 Å². The Morgan fingerprint density at radius 3 is 2.54 bits per heavy atom. The molecule has 0 fully saturated rings. The van der Waals surface area contributed by atoms with E-state index in [1.807, 2.05) is 0 Å². The predicted octanol–water partition coefficient (Wildman–Crippen LogP) is 4.30. The molecule has 2 aromatic carbocycles. The normalized spacial score (nSPS) is 10.1. The lowest BCUT2D eigenvalue weighted by Gasteiger charge is -2.12. The molecule has 0 saturated carbocycles. The fourth-order valence-electron chi connectivity index (χ4n) is 1.83. The molecule has 0 amide bonds. The van der Waals surface area contributed by atoms with E-state index in [1.165, 1.54) is 18.2 Å². The zero-order chi connectivity index (χ0) is 17.5. The third kappa shape index (κ3) is 4.97. The number of halogens is 2. The minimum atomic E-state index is -0.600. The van der Waals surface area contributed by atoms with Gasteiger partial charge in [0.1, 0.15) is 12.0 Å². The van der Waals surface area contributed by atoms with Crippen molar-refractivity contribution in [2.45, 2.75) is 6.92 Å². The van der Waals surface area contributed by atoms with Gasteiger partial charge in [-0.05, 0) is 59.3 Å². The maximum atomic E-state index is 12.0. The van der Waals surface area contributed by atoms with E-state index in [4.69, 9.17) is 25.8 Å². The topological polar surface area (TPSA) is 61.8 Å². The third-order valence-corrected chi connectivity index (χ3v) is 3.72. The lowest BCUT2D eigenvalue weighted by Crippen LogP contribution is -2.18. The molecule has 0 aliphatic carbocycles. The molecule has 0 heterocycles. The molecule has 0 bridgehead atoms. The van der Waals surface area contributed by atoms with Gasteiger partial charge in [0.15, 0.2) is 18.1 Å². The molecule has 2 aromatic rings. The van der Waals surface area contributed by atoms with E-state index in [0.717, 1.165) is 0 Å². The largest absolute Gasteiger partial charge is 0.490 e. The van der Waals surface area contributed by atoms with E-state index in [0.29, 0.717) is 39.5 Å². The first-order valence-corrected chi connectivity index (χ1v) is 8.21. The average Bonchev–Trinajstić information content (AvgIpc) is 2.56. The molecule has 5 nitrogen and oxygen atoms in total. The summed E-state index contributed by atoms with van der Waals surface area (Å²) in [7, 11) is 0. The Kier molecular flexibility index (Phi) is 6.63. The smallest absolute Gasteiger partial charge is 0.349 e. The molecule has 24 heavy (non-hydrogen) atoms. The van der Waals surface area contributed by atoms with Crippen molar-refractivity contribution in [1.82, 2.24) is 0 Å². The van der Waals surface area contributed by atoms with Gasteiger partial charge in [0.2, 0.25) is 0 Å². The number of carbonyl (C=O) groups is 2. The van der Waals surface area contributed by atoms with Gasteiger partial charge in [-0.1, -0.05) is 11.6 Å². The number of hydrogen-bond acceptors (Lipinski definition) is 5. The minimum absolute atomic E-state index is 0.228. The summed E-state index contributed by atoms with van der Waals surface area (Å²) in [4.78, 5) is 22.8. The summed E-state index contributed by atoms with van der Waals surface area (Å²) in [6.45, 7) is 1.88. The molecular weight excluding hydrogens is 400 g/mol. The lowest BCUT2D eigenvalue weighted by atomic mass is 10.2. The highest BCUT2D eigenvalue weighted by molar-refractivity contribution is 9.10. The standard InChI is InChI=1S/C17H14BrClO5/c1-2-22-16-7-11(9-20)3-5-15(16)24-17(21)10-23-14-6-4-12(19)8-13(14)18/h3-9H,2,10H2,1H3. The summed E-state index contributed by atoms with van der Waals surface area (Å²) in [6, 6.07) is 9.51. The Hall–Kier alpha value is -2.05. The van der Waals surface area contributed by atoms with E-state index >= 15 is 0 Å². The third-order valence-electron chi connectivity index (χ3n) is 2.87. The average molecular weight is 414 g/mol. The molecule has 126 valence electrons. The SMILES string of the molecule is CCOc1cc(C=O)ccc1OC(=O)COc1ccc(Cl)cc1Br. The molecule has 0 aromatic heterocycles. The zero-order valence-electron chi connectivity index (χ0n) is 12.8. The van der Waals surface area contributed by atoms with Crippen LogP contribution in [0.2, 0.25) is 5.02 Å². The van der Waals surface area contributed by atoms with Crippen molar-refractivity contribution in [3.05, 3.63) is 51.5 Å². The number of benzene rings is 2. The number of carbonyl (C=O) groups excluding carboxylic acids is 2. The molecule has 2 rings (SSSR count). The Bertz CT molecular complexity index is 748. The van der Waals surface area contributed by atoms with E-state index in [2.05, 4.69) is 15.9 Å². The van der Waals surface area contributed by atoms with Crippen LogP contribution in [0.25, 0.3) is 0 Å². The number of esters is 1. The molecule has 0 unspecified atom stereocenters. The lowest BCUT2D eigenvalue weighted by molar-refractivity contribution is -0.136. The van der Waals surface area contributed by atoms with Crippen molar-refractivity contribution in [2.24, 2.45) is 0 Å². The number of aldehydes is 1. The number of ether oxygens (including phenoxy) is 3. The quantitative estimate of drug-likeness (QED) is 0.385. The summed E-state index contributed by atoms with van der Waals surface area (Å²) in [5.74, 6) is 0.420. The molecule has 7 heteroatoms. The predicted molar refractivity (Wildman–Crippen MR) is 93.3 cm³/mol. The summed E-state index contributed by atoms with van der Waals surface area (Å²) < 4.78 is 16.6. The van der Waals surface area contributed by atoms with Crippen LogP contribution in [0.3, 0.4) is 0 Å². The molecule has 0 spiro atoms. The fourth-order valence-corrected chi connectivity index (χ4v) is 2.63. The second kappa shape index (κ2) is 8.70. The van der Waals surface area contributed by atoms with Gasteiger partial charge in [-0.2, -0.15) is 0 Å². The fraction of sp³-hybridized carbons (Fsp3) is 0.176. The van der Waals surface area contributed by atoms with E-state index < -0.39 is 5.97 Å². The Morgan fingerprint density at radius 2 is 1.88 bits per heavy atom. The monoisotopic (exact) mass is 412 g/mol. The van der Waals surface area contributed by atoms with Crippen molar-refractivity contribution in [3.8, 4) is 17.2 Å². The Labute approximate surface area is 152 Å². The van der Waals surface area contributed by atoms with Gasteiger partial charge in [-0.15, -0.1) is 0 Å². The van der Waals surface area contributed by atoms with Crippen molar-refractivity contribution < 1.29 is 23.8 Å². The van der Waals surface area contributed by atoms with Crippen molar-refractivity contribution in [3.63, 3.8) is 0 Å². The van der Waals surface area contributed by atoms with Crippen molar-refractivity contribution in [2.75, 3.05) is 13.2 Å². The van der Waals surface area contributed by atoms with E-state index in [-0.39, 0.29) is 12.4 Å². The van der Waals surface area contributed by atoms with Crippen LogP contribution in [0.5, 0.6) is 17.2 Å². The maximum absolute atomic E-state index is 12.0. The highest BCUT2D eigenvalue weighted by Gasteiger charge is 2.13. The molecule has 0 atom stereocenters. The van der Waals surface area contributed by atoms with Gasteiger partial charge in [0, 0.05) is 10.6 Å². The first-order valence-electron chi connectivity index (χ1n) is 7.04. The van der Waals surface area contributed by atoms with Gasteiger partial charge >= 0.3 is 5.97 Å². The molecule has 0 aliphatic heterocycles. The molecule has 0 radical (unpaired) electrons. The maximum Gasteiger partial charge on any atom is 0.349 e. The van der Waals surface area contributed by atoms with Gasteiger partial charge in [0.05, 0.1) is 11.1 Å². The van der Waals surface area contributed by atoms with Crippen molar-refractivity contribution in [1.29, 1.82) is 0 Å². The van der Waals surface area contributed by atoms with Crippen molar-refractivity contribution >= 4 is 39.8 Å². The van der Waals surface area contributed by atoms with Crippen LogP contribution in [0.15, 0.2) is 40.9 Å². The molecule has 0 saturated heterocycles. The second-order valence-electron chi connectivity index (χ2n) is 4.59. The van der Waals surface area contributed by atoms with Gasteiger partial charge in [0.25, 0.3) is 0 Å². The Balaban J connectivity index is 2.02. The van der Waals surface area contributed by atoms with Gasteiger partial charge in [-0.3, -0.25) is 4.79 Å². The highest BCUT2D eigenvalue weighted by atomic mass is 79.9. The molecule has 0 N–H and O–H groups in total. The summed E-state index contributed by atoms with van der Waals surface area (Å²) >= 11 is 9.14. The van der Waals surface area contributed by atoms with Gasteiger partial charge < -0.3 is 14.2 Å². The minimum Gasteiger partial charge on any atom is -0.490 e. The van der Waals surface area contributed by atoms with E-state index in [9.17, 15) is 9.59 Å². The van der Waals surface area contributed by atoms with Crippen LogP contribution in [-0.2, 0) is 4.79 Å². The summed E-state index contributed by atoms with van der Waals surface area (Å²) in [6.07, 6.45) is 0.690. The number of rotatable bonds is 7. The second-order valence-corrected chi connectivity index (χ2v) is 5.89. The van der Waals surface area contributed by atoms with Crippen LogP contribution in [0, 0.1) is 0 Å². The molecule has 0 aliphatic rings.